The third-order valence-electron chi connectivity index (χ3n) is 14.3. The minimum atomic E-state index is -4.40. The number of hydrogen-bond donors (Lipinski definition) is 2. The van der Waals surface area contributed by atoms with Crippen molar-refractivity contribution in [2.75, 3.05) is 26.4 Å². The van der Waals surface area contributed by atoms with E-state index in [9.17, 15) is 19.0 Å². The van der Waals surface area contributed by atoms with Crippen LogP contribution >= 0.6 is 7.82 Å². The Morgan fingerprint density at radius 2 is 0.696 bits per heavy atom. The quantitative estimate of drug-likeness (QED) is 0.0264. The van der Waals surface area contributed by atoms with Gasteiger partial charge in [-0.25, -0.2) is 4.57 Å². The average molecular weight is 1130 g/mol. The van der Waals surface area contributed by atoms with Crippen LogP contribution in [-0.2, 0) is 32.7 Å². The molecule has 2 atom stereocenters. The van der Waals surface area contributed by atoms with E-state index in [1.165, 1.54) is 193 Å². The van der Waals surface area contributed by atoms with Crippen molar-refractivity contribution in [1.82, 2.24) is 0 Å². The Morgan fingerprint density at radius 3 is 1.04 bits per heavy atom. The Labute approximate surface area is 487 Å². The summed E-state index contributed by atoms with van der Waals surface area (Å²) in [4.78, 5) is 35.3. The number of carbonyl (C=O) groups is 2. The van der Waals surface area contributed by atoms with E-state index in [0.29, 0.717) is 6.42 Å². The summed E-state index contributed by atoms with van der Waals surface area (Å²) in [5.41, 5.74) is 5.39. The third kappa shape index (κ3) is 64.2. The third-order valence-corrected chi connectivity index (χ3v) is 15.2. The molecule has 79 heavy (non-hydrogen) atoms. The predicted octanol–water partition coefficient (Wildman–Crippen LogP) is 21.4. The molecule has 0 saturated carbocycles. The van der Waals surface area contributed by atoms with Gasteiger partial charge in [0.1, 0.15) is 6.61 Å². The summed E-state index contributed by atoms with van der Waals surface area (Å²) in [5.74, 6) is -0.829. The highest BCUT2D eigenvalue weighted by Crippen LogP contribution is 2.43. The molecule has 0 radical (unpaired) electrons. The molecule has 0 aromatic heterocycles. The van der Waals surface area contributed by atoms with Crippen LogP contribution in [0.25, 0.3) is 0 Å². The van der Waals surface area contributed by atoms with Crippen LogP contribution in [0.3, 0.4) is 0 Å². The second-order valence-corrected chi connectivity index (χ2v) is 23.4. The number of carbonyl (C=O) groups excluding carboxylic acids is 2. The zero-order chi connectivity index (χ0) is 57.3. The van der Waals surface area contributed by atoms with E-state index < -0.39 is 26.5 Å². The van der Waals surface area contributed by atoms with Crippen molar-refractivity contribution in [3.05, 3.63) is 85.1 Å². The molecule has 0 aromatic carbocycles. The van der Waals surface area contributed by atoms with Gasteiger partial charge in [-0.15, -0.1) is 0 Å². The second kappa shape index (κ2) is 64.4. The first-order valence-corrected chi connectivity index (χ1v) is 34.6. The van der Waals surface area contributed by atoms with Gasteiger partial charge in [0.15, 0.2) is 6.10 Å². The van der Waals surface area contributed by atoms with Gasteiger partial charge in [-0.3, -0.25) is 18.6 Å². The van der Waals surface area contributed by atoms with Crippen LogP contribution in [0.5, 0.6) is 0 Å². The van der Waals surface area contributed by atoms with E-state index in [1.807, 2.05) is 0 Å². The molecule has 0 rings (SSSR count). The SMILES string of the molecule is CC/C=C\C/C=C\C/C=C\C/C=C\CCCCCCCCCCC(=O)OC(COC(=O)CCCCCCCCCCCCCCCCCCCCCCCC/C=C\C/C=C\C/C=C\CCCCCCC)COP(=O)(O)OCCN. The van der Waals surface area contributed by atoms with Crippen molar-refractivity contribution in [1.29, 1.82) is 0 Å². The summed E-state index contributed by atoms with van der Waals surface area (Å²) in [5, 5.41) is 0. The largest absolute Gasteiger partial charge is 0.472 e. The van der Waals surface area contributed by atoms with Crippen LogP contribution < -0.4 is 5.73 Å². The normalized spacial score (nSPS) is 13.5. The summed E-state index contributed by atoms with van der Waals surface area (Å²) in [6.45, 7) is 3.64. The van der Waals surface area contributed by atoms with Crippen molar-refractivity contribution in [3.8, 4) is 0 Å². The monoisotopic (exact) mass is 1130 g/mol. The van der Waals surface area contributed by atoms with Gasteiger partial charge in [-0.2, -0.15) is 0 Å². The highest BCUT2D eigenvalue weighted by atomic mass is 31.2. The van der Waals surface area contributed by atoms with Gasteiger partial charge in [0.25, 0.3) is 0 Å². The Kier molecular flexibility index (Phi) is 62.1. The molecule has 0 fully saturated rings. The number of allylic oxidation sites excluding steroid dienone is 14. The molecule has 0 aliphatic rings. The van der Waals surface area contributed by atoms with Crippen LogP contribution in [-0.4, -0.2) is 49.3 Å². The standard InChI is InChI=1S/C69H124NO8P/c1-3-5-7-9-11-13-15-17-19-21-23-25-26-27-28-29-30-31-32-33-34-35-36-37-38-39-40-42-43-45-47-49-51-53-55-57-59-61-68(71)75-65-67(66-77-79(73,74)76-64-63-70)78-69(72)62-60-58-56-54-52-50-48-46-44-41-24-22-20-18-16-14-12-10-8-6-4-2/h6,8,12,14-15,17-18,20-21,23-24,26-27,41,67H,3-5,7,9-11,13,16,19,22,25,28-40,42-66,70H2,1-2H3,(H,73,74)/b8-6-,14-12-,17-15-,20-18-,23-21-,27-26-,41-24-. The van der Waals surface area contributed by atoms with Gasteiger partial charge >= 0.3 is 19.8 Å². The molecule has 10 heteroatoms. The fourth-order valence-electron chi connectivity index (χ4n) is 9.40. The van der Waals surface area contributed by atoms with Crippen LogP contribution in [0.2, 0.25) is 0 Å². The summed E-state index contributed by atoms with van der Waals surface area (Å²) in [6, 6.07) is 0. The molecule has 0 spiro atoms. The lowest BCUT2D eigenvalue weighted by atomic mass is 10.0. The fourth-order valence-corrected chi connectivity index (χ4v) is 10.2. The first-order valence-electron chi connectivity index (χ1n) is 33.1. The topological polar surface area (TPSA) is 134 Å². The Hall–Kier alpha value is -2.81. The van der Waals surface area contributed by atoms with Crippen molar-refractivity contribution in [2.45, 2.75) is 315 Å². The number of phosphoric acid groups is 1. The van der Waals surface area contributed by atoms with Crippen LogP contribution in [0, 0.1) is 0 Å². The lowest BCUT2D eigenvalue weighted by Crippen LogP contribution is -2.29. The maximum absolute atomic E-state index is 12.7. The van der Waals surface area contributed by atoms with Crippen molar-refractivity contribution >= 4 is 19.8 Å². The Bertz CT molecular complexity index is 1570. The summed E-state index contributed by atoms with van der Waals surface area (Å²) < 4.78 is 33.1. The van der Waals surface area contributed by atoms with E-state index >= 15 is 0 Å². The van der Waals surface area contributed by atoms with E-state index in [-0.39, 0.29) is 38.6 Å². The highest BCUT2D eigenvalue weighted by molar-refractivity contribution is 7.47. The smallest absolute Gasteiger partial charge is 0.462 e. The Balaban J connectivity index is 3.83. The van der Waals surface area contributed by atoms with Crippen molar-refractivity contribution in [2.24, 2.45) is 5.73 Å². The summed E-state index contributed by atoms with van der Waals surface area (Å²) in [7, 11) is -4.40. The molecular weight excluding hydrogens is 1000 g/mol. The number of rotatable bonds is 62. The molecule has 0 bridgehead atoms. The van der Waals surface area contributed by atoms with E-state index in [1.54, 1.807) is 0 Å². The maximum Gasteiger partial charge on any atom is 0.472 e. The van der Waals surface area contributed by atoms with E-state index in [4.69, 9.17) is 24.3 Å². The molecule has 0 aliphatic heterocycles. The molecule has 0 aromatic rings. The zero-order valence-electron chi connectivity index (χ0n) is 51.3. The number of ether oxygens (including phenoxy) is 2. The van der Waals surface area contributed by atoms with E-state index in [0.717, 1.165) is 83.5 Å². The summed E-state index contributed by atoms with van der Waals surface area (Å²) >= 11 is 0. The minimum absolute atomic E-state index is 0.0499. The molecule has 9 nitrogen and oxygen atoms in total. The lowest BCUT2D eigenvalue weighted by molar-refractivity contribution is -0.161. The number of hydrogen-bond acceptors (Lipinski definition) is 8. The van der Waals surface area contributed by atoms with Crippen molar-refractivity contribution < 1.29 is 37.6 Å². The van der Waals surface area contributed by atoms with Gasteiger partial charge in [-0.1, -0.05) is 292 Å². The number of esters is 2. The first kappa shape index (κ1) is 76.2. The van der Waals surface area contributed by atoms with Gasteiger partial charge in [-0.05, 0) is 89.9 Å². The second-order valence-electron chi connectivity index (χ2n) is 22.0. The molecule has 0 saturated heterocycles. The highest BCUT2D eigenvalue weighted by Gasteiger charge is 2.26. The molecular formula is C69H124NO8P. The maximum atomic E-state index is 12.7. The summed E-state index contributed by atoms with van der Waals surface area (Å²) in [6.07, 6.45) is 85.3. The van der Waals surface area contributed by atoms with Gasteiger partial charge in [0.2, 0.25) is 0 Å². The van der Waals surface area contributed by atoms with E-state index in [2.05, 4.69) is 98.9 Å². The Morgan fingerprint density at radius 1 is 0.392 bits per heavy atom. The van der Waals surface area contributed by atoms with Crippen LogP contribution in [0.15, 0.2) is 85.1 Å². The molecule has 2 unspecified atom stereocenters. The van der Waals surface area contributed by atoms with Gasteiger partial charge < -0.3 is 20.1 Å². The van der Waals surface area contributed by atoms with Crippen LogP contribution in [0.4, 0.5) is 0 Å². The van der Waals surface area contributed by atoms with Gasteiger partial charge in [0.05, 0.1) is 13.2 Å². The number of nitrogens with two attached hydrogens (primary N) is 1. The molecule has 0 aliphatic carbocycles. The zero-order valence-corrected chi connectivity index (χ0v) is 52.2. The first-order chi connectivity index (χ1) is 38.8. The lowest BCUT2D eigenvalue weighted by Gasteiger charge is -2.19. The number of phosphoric ester groups is 1. The number of unbranched alkanes of at least 4 members (excludes halogenated alkanes) is 35. The predicted molar refractivity (Wildman–Crippen MR) is 339 cm³/mol. The molecule has 3 N–H and O–H groups in total. The molecule has 458 valence electrons. The van der Waals surface area contributed by atoms with Gasteiger partial charge in [0, 0.05) is 19.4 Å². The fraction of sp³-hybridized carbons (Fsp3) is 0.768. The van der Waals surface area contributed by atoms with Crippen LogP contribution in [0.1, 0.15) is 309 Å². The molecule has 0 heterocycles. The molecule has 0 amide bonds. The van der Waals surface area contributed by atoms with Crippen molar-refractivity contribution in [3.63, 3.8) is 0 Å². The minimum Gasteiger partial charge on any atom is -0.462 e. The average Bonchev–Trinajstić information content (AvgIpc) is 3.44.